The summed E-state index contributed by atoms with van der Waals surface area (Å²) in [6.45, 7) is 8.64. The van der Waals surface area contributed by atoms with Gasteiger partial charge in [0.05, 0.1) is 50.6 Å². The quantitative estimate of drug-likeness (QED) is 0.674. The van der Waals surface area contributed by atoms with Gasteiger partial charge in [-0.3, -0.25) is 5.01 Å². The molecule has 2 aromatic rings. The Balaban J connectivity index is 1.62. The Morgan fingerprint density at radius 2 is 1.63 bits per heavy atom. The van der Waals surface area contributed by atoms with Crippen LogP contribution < -0.4 is 0 Å². The molecule has 2 fully saturated rings. The molecule has 162 valence electrons. The lowest BCUT2D eigenvalue weighted by molar-refractivity contribution is 0.0397. The average molecular weight is 433 g/mol. The molecule has 2 aliphatic heterocycles. The van der Waals surface area contributed by atoms with Gasteiger partial charge in [-0.2, -0.15) is 9.41 Å². The second-order valence-electron chi connectivity index (χ2n) is 7.49. The molecule has 30 heavy (non-hydrogen) atoms. The van der Waals surface area contributed by atoms with Crippen molar-refractivity contribution in [3.63, 3.8) is 0 Å². The molecule has 3 heterocycles. The topological polar surface area (TPSA) is 76.4 Å². The fraction of sp³-hybridized carbons (Fsp3) is 0.476. The number of sulfonamides is 1. The Hall–Kier alpha value is -2.20. The number of ether oxygens (including phenoxy) is 2. The van der Waals surface area contributed by atoms with Crippen molar-refractivity contribution in [1.82, 2.24) is 13.9 Å². The van der Waals surface area contributed by atoms with Gasteiger partial charge in [-0.1, -0.05) is 6.07 Å². The third-order valence-corrected chi connectivity index (χ3v) is 7.40. The van der Waals surface area contributed by atoms with Crippen LogP contribution in [0.15, 0.2) is 40.3 Å². The fourth-order valence-corrected chi connectivity index (χ4v) is 5.30. The summed E-state index contributed by atoms with van der Waals surface area (Å²) in [5.41, 5.74) is 3.88. The summed E-state index contributed by atoms with van der Waals surface area (Å²) in [6, 6.07) is 9.20. The number of aryl methyl sites for hydroxylation is 1. The second-order valence-corrected chi connectivity index (χ2v) is 9.42. The first-order valence-electron chi connectivity index (χ1n) is 10.2. The maximum absolute atomic E-state index is 13.0. The molecule has 0 N–H and O–H groups in total. The van der Waals surface area contributed by atoms with Crippen molar-refractivity contribution in [3.05, 3.63) is 47.3 Å². The first-order chi connectivity index (χ1) is 14.5. The molecule has 0 bridgehead atoms. The summed E-state index contributed by atoms with van der Waals surface area (Å²) in [5.74, 6) is 0. The molecular weight excluding hydrogens is 404 g/mol. The number of hydrazone groups is 1. The number of hydrogen-bond acceptors (Lipinski definition) is 6. The Morgan fingerprint density at radius 1 is 0.967 bits per heavy atom. The Morgan fingerprint density at radius 3 is 2.33 bits per heavy atom. The zero-order valence-corrected chi connectivity index (χ0v) is 18.3. The highest BCUT2D eigenvalue weighted by atomic mass is 32.2. The minimum absolute atomic E-state index is 0.304. The molecule has 0 saturated carbocycles. The highest BCUT2D eigenvalue weighted by molar-refractivity contribution is 7.89. The van der Waals surface area contributed by atoms with Gasteiger partial charge in [0.2, 0.25) is 10.0 Å². The molecule has 1 aromatic heterocycles. The van der Waals surface area contributed by atoms with Crippen LogP contribution in [0, 0.1) is 13.8 Å². The average Bonchev–Trinajstić information content (AvgIpc) is 3.06. The van der Waals surface area contributed by atoms with Crippen molar-refractivity contribution in [2.45, 2.75) is 18.7 Å². The first kappa shape index (κ1) is 21.0. The molecule has 8 nitrogen and oxygen atoms in total. The van der Waals surface area contributed by atoms with Crippen LogP contribution in [0.5, 0.6) is 0 Å². The van der Waals surface area contributed by atoms with Crippen molar-refractivity contribution >= 4 is 16.2 Å². The van der Waals surface area contributed by atoms with E-state index in [2.05, 4.69) is 15.7 Å². The van der Waals surface area contributed by atoms with E-state index in [4.69, 9.17) is 9.47 Å². The van der Waals surface area contributed by atoms with Crippen molar-refractivity contribution < 1.29 is 17.9 Å². The predicted octanol–water partition coefficient (Wildman–Crippen LogP) is 1.78. The largest absolute Gasteiger partial charge is 0.379 e. The fourth-order valence-electron chi connectivity index (χ4n) is 3.85. The van der Waals surface area contributed by atoms with Gasteiger partial charge in [-0.05, 0) is 38.1 Å². The number of benzene rings is 1. The van der Waals surface area contributed by atoms with Crippen molar-refractivity contribution in [1.29, 1.82) is 0 Å². The van der Waals surface area contributed by atoms with Gasteiger partial charge < -0.3 is 14.0 Å². The maximum Gasteiger partial charge on any atom is 0.243 e. The van der Waals surface area contributed by atoms with Crippen LogP contribution in [0.1, 0.15) is 17.0 Å². The Kier molecular flexibility index (Phi) is 6.24. The minimum Gasteiger partial charge on any atom is -0.379 e. The number of aromatic nitrogens is 1. The van der Waals surface area contributed by atoms with E-state index in [-0.39, 0.29) is 0 Å². The van der Waals surface area contributed by atoms with Crippen molar-refractivity contribution in [2.75, 3.05) is 52.6 Å². The van der Waals surface area contributed by atoms with Gasteiger partial charge in [0.1, 0.15) is 0 Å². The number of morpholine rings is 2. The molecule has 2 aliphatic rings. The van der Waals surface area contributed by atoms with Crippen LogP contribution in [-0.4, -0.2) is 81.1 Å². The standard InChI is InChI=1S/C21H28N4O4S/c1-17-14-19(16-22-23-6-10-28-11-7-23)18(2)25(17)20-4-3-5-21(15-20)30(26,27)24-8-12-29-13-9-24/h3-5,14-16H,6-13H2,1-2H3/b22-16-. The molecule has 0 aliphatic carbocycles. The molecule has 4 rings (SSSR count). The summed E-state index contributed by atoms with van der Waals surface area (Å²) >= 11 is 0. The first-order valence-corrected chi connectivity index (χ1v) is 11.6. The van der Waals surface area contributed by atoms with Crippen LogP contribution in [0.4, 0.5) is 0 Å². The Bertz CT molecular complexity index is 1020. The molecule has 0 amide bonds. The van der Waals surface area contributed by atoms with Gasteiger partial charge >= 0.3 is 0 Å². The smallest absolute Gasteiger partial charge is 0.243 e. The van der Waals surface area contributed by atoms with Gasteiger partial charge in [0, 0.05) is 35.7 Å². The molecular formula is C21H28N4O4S. The van der Waals surface area contributed by atoms with Crippen LogP contribution >= 0.6 is 0 Å². The minimum atomic E-state index is -3.54. The van der Waals surface area contributed by atoms with Gasteiger partial charge in [-0.25, -0.2) is 8.42 Å². The van der Waals surface area contributed by atoms with Crippen LogP contribution in [0.2, 0.25) is 0 Å². The van der Waals surface area contributed by atoms with Gasteiger partial charge in [0.25, 0.3) is 0 Å². The monoisotopic (exact) mass is 432 g/mol. The third-order valence-electron chi connectivity index (χ3n) is 5.50. The molecule has 0 unspecified atom stereocenters. The van der Waals surface area contributed by atoms with E-state index in [9.17, 15) is 8.42 Å². The van der Waals surface area contributed by atoms with E-state index in [1.165, 1.54) is 4.31 Å². The van der Waals surface area contributed by atoms with Crippen molar-refractivity contribution in [3.8, 4) is 5.69 Å². The van der Waals surface area contributed by atoms with Crippen molar-refractivity contribution in [2.24, 2.45) is 5.10 Å². The summed E-state index contributed by atoms with van der Waals surface area (Å²) < 4.78 is 40.3. The van der Waals surface area contributed by atoms with E-state index < -0.39 is 10.0 Å². The van der Waals surface area contributed by atoms with Crippen LogP contribution in [-0.2, 0) is 19.5 Å². The number of nitrogens with zero attached hydrogens (tertiary/aromatic N) is 4. The second kappa shape index (κ2) is 8.89. The highest BCUT2D eigenvalue weighted by Gasteiger charge is 2.26. The van der Waals surface area contributed by atoms with E-state index >= 15 is 0 Å². The molecule has 1 aromatic carbocycles. The predicted molar refractivity (Wildman–Crippen MR) is 115 cm³/mol. The van der Waals surface area contributed by atoms with E-state index in [1.807, 2.05) is 31.1 Å². The van der Waals surface area contributed by atoms with E-state index in [0.717, 1.165) is 35.7 Å². The van der Waals surface area contributed by atoms with E-state index in [0.29, 0.717) is 44.4 Å². The van der Waals surface area contributed by atoms with Gasteiger partial charge in [0.15, 0.2) is 0 Å². The maximum atomic E-state index is 13.0. The Labute approximate surface area is 177 Å². The van der Waals surface area contributed by atoms with E-state index in [1.54, 1.807) is 18.2 Å². The summed E-state index contributed by atoms with van der Waals surface area (Å²) in [4.78, 5) is 0.304. The summed E-state index contributed by atoms with van der Waals surface area (Å²) in [6.07, 6.45) is 1.87. The van der Waals surface area contributed by atoms with Gasteiger partial charge in [-0.15, -0.1) is 0 Å². The normalized spacial score (nSPS) is 18.9. The lowest BCUT2D eigenvalue weighted by atomic mass is 10.2. The zero-order chi connectivity index (χ0) is 21.1. The molecule has 0 spiro atoms. The SMILES string of the molecule is Cc1cc(/C=N\N2CCOCC2)c(C)n1-c1cccc(S(=O)(=O)N2CCOCC2)c1. The summed E-state index contributed by atoms with van der Waals surface area (Å²) in [5, 5.41) is 6.59. The van der Waals surface area contributed by atoms with Crippen LogP contribution in [0.25, 0.3) is 5.69 Å². The summed E-state index contributed by atoms with van der Waals surface area (Å²) in [7, 11) is -3.54. The number of hydrogen-bond donors (Lipinski definition) is 0. The molecule has 0 atom stereocenters. The molecule has 2 saturated heterocycles. The van der Waals surface area contributed by atoms with Crippen LogP contribution in [0.3, 0.4) is 0 Å². The zero-order valence-electron chi connectivity index (χ0n) is 17.5. The lowest BCUT2D eigenvalue weighted by Gasteiger charge is -2.26. The highest BCUT2D eigenvalue weighted by Crippen LogP contribution is 2.24. The third kappa shape index (κ3) is 4.29. The molecule has 0 radical (unpaired) electrons. The lowest BCUT2D eigenvalue weighted by Crippen LogP contribution is -2.40. The number of rotatable bonds is 5. The molecule has 9 heteroatoms.